The molecule has 1 heterocycles. The van der Waals surface area contributed by atoms with Crippen molar-refractivity contribution in [2.45, 2.75) is 53.1 Å². The first-order chi connectivity index (χ1) is 12.1. The summed E-state index contributed by atoms with van der Waals surface area (Å²) in [4.78, 5) is 7.21. The number of nitrogens with one attached hydrogen (secondary N) is 2. The van der Waals surface area contributed by atoms with E-state index < -0.39 is 0 Å². The normalized spacial score (nSPS) is 19.9. The number of hydrogen-bond acceptors (Lipinski definition) is 4. The van der Waals surface area contributed by atoms with Gasteiger partial charge in [-0.1, -0.05) is 27.2 Å². The fraction of sp³-hybridized carbons (Fsp3) is 0.947. The van der Waals surface area contributed by atoms with Crippen molar-refractivity contribution in [2.24, 2.45) is 16.8 Å². The maximum atomic E-state index is 9.19. The first kappa shape index (κ1) is 25.9. The average molecular weight is 484 g/mol. The van der Waals surface area contributed by atoms with E-state index in [0.717, 1.165) is 71.1 Å². The molecular weight excluding hydrogens is 443 g/mol. The summed E-state index contributed by atoms with van der Waals surface area (Å²) in [5.74, 6) is 2.00. The van der Waals surface area contributed by atoms with E-state index in [2.05, 4.69) is 43.2 Å². The Morgan fingerprint density at radius 1 is 1.27 bits per heavy atom. The van der Waals surface area contributed by atoms with Gasteiger partial charge in [-0.15, -0.1) is 24.0 Å². The second-order valence-corrected chi connectivity index (χ2v) is 7.41. The van der Waals surface area contributed by atoms with E-state index in [4.69, 9.17) is 9.73 Å². The third-order valence-electron chi connectivity index (χ3n) is 4.43. The number of halogens is 1. The third-order valence-corrected chi connectivity index (χ3v) is 4.43. The van der Waals surface area contributed by atoms with Crippen LogP contribution in [0.4, 0.5) is 0 Å². The summed E-state index contributed by atoms with van der Waals surface area (Å²) in [6, 6.07) is 0. The SMILES string of the molecule is CCCC(CCO)CN=C(NCC)NCC1CN(CC(C)C)CCO1.I. The van der Waals surface area contributed by atoms with Crippen LogP contribution in [-0.2, 0) is 4.74 Å². The fourth-order valence-electron chi connectivity index (χ4n) is 3.28. The van der Waals surface area contributed by atoms with Crippen LogP contribution in [0.3, 0.4) is 0 Å². The van der Waals surface area contributed by atoms with Crippen LogP contribution in [0.1, 0.15) is 47.0 Å². The lowest BCUT2D eigenvalue weighted by atomic mass is 10.0. The van der Waals surface area contributed by atoms with E-state index >= 15 is 0 Å². The van der Waals surface area contributed by atoms with Crippen LogP contribution in [0.5, 0.6) is 0 Å². The van der Waals surface area contributed by atoms with Crippen molar-refractivity contribution < 1.29 is 9.84 Å². The topological polar surface area (TPSA) is 69.1 Å². The number of morpholine rings is 1. The Balaban J connectivity index is 0.00000625. The number of rotatable bonds is 11. The highest BCUT2D eigenvalue weighted by Crippen LogP contribution is 2.11. The predicted octanol–water partition coefficient (Wildman–Crippen LogP) is 2.31. The van der Waals surface area contributed by atoms with E-state index in [1.807, 2.05) is 0 Å². The van der Waals surface area contributed by atoms with Gasteiger partial charge in [0.05, 0.1) is 12.7 Å². The molecule has 26 heavy (non-hydrogen) atoms. The Morgan fingerprint density at radius 2 is 2.04 bits per heavy atom. The monoisotopic (exact) mass is 484 g/mol. The summed E-state index contributed by atoms with van der Waals surface area (Å²) >= 11 is 0. The van der Waals surface area contributed by atoms with E-state index in [1.165, 1.54) is 0 Å². The number of aliphatic hydroxyl groups excluding tert-OH is 1. The molecule has 7 heteroatoms. The number of aliphatic imine (C=N–C) groups is 1. The Labute approximate surface area is 177 Å². The van der Waals surface area contributed by atoms with Crippen molar-refractivity contribution in [3.63, 3.8) is 0 Å². The van der Waals surface area contributed by atoms with Crippen LogP contribution in [-0.4, -0.2) is 74.6 Å². The largest absolute Gasteiger partial charge is 0.396 e. The van der Waals surface area contributed by atoms with Gasteiger partial charge in [-0.2, -0.15) is 0 Å². The van der Waals surface area contributed by atoms with Gasteiger partial charge in [0, 0.05) is 45.9 Å². The molecule has 1 rings (SSSR count). The molecule has 0 amide bonds. The first-order valence-corrected chi connectivity index (χ1v) is 10.1. The molecule has 0 aromatic rings. The molecule has 1 fully saturated rings. The number of nitrogens with zero attached hydrogens (tertiary/aromatic N) is 2. The molecule has 0 aromatic heterocycles. The van der Waals surface area contributed by atoms with Crippen LogP contribution in [0.2, 0.25) is 0 Å². The minimum Gasteiger partial charge on any atom is -0.396 e. The summed E-state index contributed by atoms with van der Waals surface area (Å²) in [6.07, 6.45) is 3.28. The first-order valence-electron chi connectivity index (χ1n) is 10.1. The van der Waals surface area contributed by atoms with Gasteiger partial charge in [-0.25, -0.2) is 0 Å². The minimum atomic E-state index is 0. The molecule has 0 bridgehead atoms. The lowest BCUT2D eigenvalue weighted by Gasteiger charge is -2.34. The lowest BCUT2D eigenvalue weighted by molar-refractivity contribution is -0.0284. The van der Waals surface area contributed by atoms with Crippen molar-refractivity contribution in [2.75, 3.05) is 52.5 Å². The van der Waals surface area contributed by atoms with Crippen molar-refractivity contribution in [1.29, 1.82) is 0 Å². The highest BCUT2D eigenvalue weighted by Gasteiger charge is 2.21. The van der Waals surface area contributed by atoms with Gasteiger partial charge in [-0.3, -0.25) is 9.89 Å². The minimum absolute atomic E-state index is 0. The maximum absolute atomic E-state index is 9.19. The van der Waals surface area contributed by atoms with Crippen molar-refractivity contribution in [1.82, 2.24) is 15.5 Å². The fourth-order valence-corrected chi connectivity index (χ4v) is 3.28. The molecule has 0 aliphatic carbocycles. The second kappa shape index (κ2) is 15.9. The zero-order valence-electron chi connectivity index (χ0n) is 17.2. The Kier molecular flexibility index (Phi) is 15.8. The van der Waals surface area contributed by atoms with Crippen LogP contribution < -0.4 is 10.6 Å². The molecule has 1 aliphatic heterocycles. The van der Waals surface area contributed by atoms with Gasteiger partial charge in [0.25, 0.3) is 0 Å². The van der Waals surface area contributed by atoms with Crippen molar-refractivity contribution in [3.05, 3.63) is 0 Å². The maximum Gasteiger partial charge on any atom is 0.191 e. The third kappa shape index (κ3) is 11.6. The van der Waals surface area contributed by atoms with Gasteiger partial charge in [0.2, 0.25) is 0 Å². The second-order valence-electron chi connectivity index (χ2n) is 7.41. The highest BCUT2D eigenvalue weighted by atomic mass is 127. The summed E-state index contributed by atoms with van der Waals surface area (Å²) in [7, 11) is 0. The average Bonchev–Trinajstić information content (AvgIpc) is 2.57. The Bertz CT molecular complexity index is 363. The van der Waals surface area contributed by atoms with E-state index in [0.29, 0.717) is 11.8 Å². The zero-order chi connectivity index (χ0) is 18.5. The van der Waals surface area contributed by atoms with Crippen LogP contribution in [0.15, 0.2) is 4.99 Å². The molecule has 0 spiro atoms. The number of aliphatic hydroxyl groups is 1. The molecule has 0 aromatic carbocycles. The highest BCUT2D eigenvalue weighted by molar-refractivity contribution is 14.0. The standard InChI is InChI=1S/C19H40N4O2.HI/c1-5-7-17(8-10-24)12-21-19(20-6-2)22-13-18-15-23(9-11-25-18)14-16(3)4;/h16-18,24H,5-15H2,1-4H3,(H2,20,21,22);1H. The van der Waals surface area contributed by atoms with Gasteiger partial charge in [-0.05, 0) is 31.6 Å². The molecule has 1 aliphatic rings. The molecule has 156 valence electrons. The predicted molar refractivity (Wildman–Crippen MR) is 121 cm³/mol. The summed E-state index contributed by atoms with van der Waals surface area (Å²) in [5, 5.41) is 15.9. The van der Waals surface area contributed by atoms with Gasteiger partial charge >= 0.3 is 0 Å². The van der Waals surface area contributed by atoms with Gasteiger partial charge in [0.15, 0.2) is 5.96 Å². The van der Waals surface area contributed by atoms with E-state index in [9.17, 15) is 5.11 Å². The molecule has 1 saturated heterocycles. The molecule has 6 nitrogen and oxygen atoms in total. The van der Waals surface area contributed by atoms with Crippen LogP contribution >= 0.6 is 24.0 Å². The molecule has 0 radical (unpaired) electrons. The van der Waals surface area contributed by atoms with E-state index in [-0.39, 0.29) is 36.7 Å². The Hall–Kier alpha value is -0.120. The Morgan fingerprint density at radius 3 is 2.65 bits per heavy atom. The summed E-state index contributed by atoms with van der Waals surface area (Å²) < 4.78 is 5.90. The van der Waals surface area contributed by atoms with Gasteiger partial charge < -0.3 is 20.5 Å². The van der Waals surface area contributed by atoms with Crippen molar-refractivity contribution >= 4 is 29.9 Å². The van der Waals surface area contributed by atoms with Crippen LogP contribution in [0.25, 0.3) is 0 Å². The molecular formula is C19H41IN4O2. The summed E-state index contributed by atoms with van der Waals surface area (Å²) in [6.45, 7) is 15.4. The smallest absolute Gasteiger partial charge is 0.191 e. The lowest BCUT2D eigenvalue weighted by Crippen LogP contribution is -2.50. The van der Waals surface area contributed by atoms with E-state index in [1.54, 1.807) is 0 Å². The zero-order valence-corrected chi connectivity index (χ0v) is 19.5. The number of guanidine groups is 1. The quantitative estimate of drug-likeness (QED) is 0.239. The van der Waals surface area contributed by atoms with Crippen molar-refractivity contribution in [3.8, 4) is 0 Å². The molecule has 2 atom stereocenters. The molecule has 3 N–H and O–H groups in total. The van der Waals surface area contributed by atoms with Crippen LogP contribution in [0, 0.1) is 11.8 Å². The molecule has 2 unspecified atom stereocenters. The summed E-state index contributed by atoms with van der Waals surface area (Å²) in [5.41, 5.74) is 0. The number of hydrogen-bond donors (Lipinski definition) is 3. The van der Waals surface area contributed by atoms with Gasteiger partial charge in [0.1, 0.15) is 0 Å². The number of ether oxygens (including phenoxy) is 1. The molecule has 0 saturated carbocycles.